The van der Waals surface area contributed by atoms with Crippen molar-refractivity contribution in [2.45, 2.75) is 57.3 Å². The Balaban J connectivity index is 1.63. The second-order valence-corrected chi connectivity index (χ2v) is 7.45. The lowest BCUT2D eigenvalue weighted by Gasteiger charge is -2.22. The second kappa shape index (κ2) is 7.06. The molecule has 0 atom stereocenters. The van der Waals surface area contributed by atoms with E-state index in [1.165, 1.54) is 37.7 Å². The highest BCUT2D eigenvalue weighted by atomic mass is 16.2. The minimum absolute atomic E-state index is 0.250. The normalized spacial score (nSPS) is 20.5. The Kier molecular flexibility index (Phi) is 4.65. The molecule has 0 radical (unpaired) electrons. The van der Waals surface area contributed by atoms with Gasteiger partial charge in [-0.1, -0.05) is 19.3 Å². The van der Waals surface area contributed by atoms with Crippen molar-refractivity contribution in [2.24, 2.45) is 5.92 Å². The lowest BCUT2D eigenvalue weighted by molar-refractivity contribution is 0.0873. The smallest absolute Gasteiger partial charge is 0.231 e. The maximum atomic E-state index is 12.9. The molecule has 1 aliphatic carbocycles. The van der Waals surface area contributed by atoms with Crippen molar-refractivity contribution in [3.8, 4) is 0 Å². The fourth-order valence-electron chi connectivity index (χ4n) is 4.46. The van der Waals surface area contributed by atoms with Gasteiger partial charge in [0.15, 0.2) is 0 Å². The number of pyridine rings is 1. The Morgan fingerprint density at radius 2 is 1.96 bits per heavy atom. The number of fused-ring (bicyclic) bond motifs is 1. The number of carbonyl (C=O) groups excluding carboxylic acids is 1. The molecule has 128 valence electrons. The largest absolute Gasteiger partial charge is 0.317 e. The number of carbonyl (C=O) groups is 1. The Bertz CT molecular complexity index is 709. The summed E-state index contributed by atoms with van der Waals surface area (Å²) in [5, 5.41) is 3.42. The summed E-state index contributed by atoms with van der Waals surface area (Å²) in [6.45, 7) is 2.11. The van der Waals surface area contributed by atoms with Crippen LogP contribution in [-0.4, -0.2) is 28.5 Å². The molecule has 1 aliphatic heterocycles. The maximum absolute atomic E-state index is 12.9. The van der Waals surface area contributed by atoms with Crippen LogP contribution in [0.4, 0.5) is 0 Å². The number of nitrogens with one attached hydrogen (secondary N) is 1. The van der Waals surface area contributed by atoms with Crippen molar-refractivity contribution in [3.05, 3.63) is 30.1 Å². The van der Waals surface area contributed by atoms with Crippen LogP contribution in [0.25, 0.3) is 11.0 Å². The molecule has 4 nitrogen and oxygen atoms in total. The van der Waals surface area contributed by atoms with E-state index in [1.807, 2.05) is 22.9 Å². The van der Waals surface area contributed by atoms with E-state index in [9.17, 15) is 4.79 Å². The molecule has 0 unspecified atom stereocenters. The van der Waals surface area contributed by atoms with E-state index in [-0.39, 0.29) is 5.91 Å². The van der Waals surface area contributed by atoms with Crippen molar-refractivity contribution in [1.82, 2.24) is 14.9 Å². The minimum Gasteiger partial charge on any atom is -0.317 e. The molecule has 4 heteroatoms. The van der Waals surface area contributed by atoms with Crippen LogP contribution in [0.2, 0.25) is 0 Å². The third kappa shape index (κ3) is 3.12. The third-order valence-corrected chi connectivity index (χ3v) is 5.82. The van der Waals surface area contributed by atoms with Crippen molar-refractivity contribution in [1.29, 1.82) is 0 Å². The highest BCUT2D eigenvalue weighted by Gasteiger charge is 2.24. The zero-order valence-corrected chi connectivity index (χ0v) is 14.3. The van der Waals surface area contributed by atoms with Gasteiger partial charge in [-0.3, -0.25) is 14.3 Å². The summed E-state index contributed by atoms with van der Waals surface area (Å²) >= 11 is 0. The summed E-state index contributed by atoms with van der Waals surface area (Å²) in [4.78, 5) is 17.6. The van der Waals surface area contributed by atoms with Crippen molar-refractivity contribution < 1.29 is 4.79 Å². The Labute approximate surface area is 143 Å². The van der Waals surface area contributed by atoms with E-state index in [2.05, 4.69) is 16.5 Å². The molecular formula is C20H27N3O. The monoisotopic (exact) mass is 325 g/mol. The molecule has 0 aromatic carbocycles. The molecular weight excluding hydrogens is 298 g/mol. The van der Waals surface area contributed by atoms with Gasteiger partial charge in [-0.25, -0.2) is 0 Å². The molecule has 24 heavy (non-hydrogen) atoms. The van der Waals surface area contributed by atoms with Crippen LogP contribution in [0.5, 0.6) is 0 Å². The quantitative estimate of drug-likeness (QED) is 0.923. The number of hydrogen-bond donors (Lipinski definition) is 1. The Morgan fingerprint density at radius 3 is 2.75 bits per heavy atom. The van der Waals surface area contributed by atoms with Gasteiger partial charge >= 0.3 is 0 Å². The van der Waals surface area contributed by atoms with Gasteiger partial charge in [0, 0.05) is 18.8 Å². The molecule has 0 amide bonds. The Hall–Kier alpha value is -1.68. The first-order chi connectivity index (χ1) is 11.8. The van der Waals surface area contributed by atoms with Gasteiger partial charge in [-0.2, -0.15) is 0 Å². The highest BCUT2D eigenvalue weighted by molar-refractivity contribution is 5.92. The van der Waals surface area contributed by atoms with Crippen LogP contribution in [-0.2, 0) is 0 Å². The average molecular weight is 325 g/mol. The summed E-state index contributed by atoms with van der Waals surface area (Å²) < 4.78 is 1.90. The molecule has 2 aliphatic rings. The molecule has 1 saturated carbocycles. The van der Waals surface area contributed by atoms with Gasteiger partial charge < -0.3 is 5.32 Å². The minimum atomic E-state index is 0.250. The SMILES string of the molecule is O=C(CC1CCCCC1)n1cc(C2CCNCC2)c2ncccc21. The standard InChI is InChI=1S/C20H27N3O/c24-19(13-15-5-2-1-3-6-15)23-14-17(16-8-11-21-12-9-16)20-18(23)7-4-10-22-20/h4,7,10,14-16,21H,1-3,5-6,8-9,11-13H2. The predicted octanol–water partition coefficient (Wildman–Crippen LogP) is 4.11. The van der Waals surface area contributed by atoms with E-state index in [4.69, 9.17) is 0 Å². The molecule has 1 N–H and O–H groups in total. The molecule has 3 heterocycles. The summed E-state index contributed by atoms with van der Waals surface area (Å²) in [5.74, 6) is 1.34. The lowest BCUT2D eigenvalue weighted by Crippen LogP contribution is -2.26. The van der Waals surface area contributed by atoms with E-state index in [0.717, 1.165) is 37.0 Å². The molecule has 0 bridgehead atoms. The number of aromatic nitrogens is 2. The number of rotatable bonds is 3. The summed E-state index contributed by atoms with van der Waals surface area (Å²) in [6, 6.07) is 3.99. The fourth-order valence-corrected chi connectivity index (χ4v) is 4.46. The van der Waals surface area contributed by atoms with E-state index < -0.39 is 0 Å². The first-order valence-electron chi connectivity index (χ1n) is 9.53. The van der Waals surface area contributed by atoms with Crippen molar-refractivity contribution in [2.75, 3.05) is 13.1 Å². The molecule has 0 spiro atoms. The molecule has 1 saturated heterocycles. The highest BCUT2D eigenvalue weighted by Crippen LogP contribution is 2.33. The van der Waals surface area contributed by atoms with Gasteiger partial charge in [0.1, 0.15) is 0 Å². The number of nitrogens with zero attached hydrogens (tertiary/aromatic N) is 2. The molecule has 2 fully saturated rings. The van der Waals surface area contributed by atoms with Gasteiger partial charge in [-0.15, -0.1) is 0 Å². The zero-order chi connectivity index (χ0) is 16.4. The van der Waals surface area contributed by atoms with Crippen LogP contribution >= 0.6 is 0 Å². The molecule has 4 rings (SSSR count). The summed E-state index contributed by atoms with van der Waals surface area (Å²) in [5.41, 5.74) is 3.29. The van der Waals surface area contributed by atoms with E-state index in [1.54, 1.807) is 0 Å². The maximum Gasteiger partial charge on any atom is 0.231 e. The topological polar surface area (TPSA) is 46.9 Å². The van der Waals surface area contributed by atoms with Gasteiger partial charge in [-0.05, 0) is 68.3 Å². The average Bonchev–Trinajstić information content (AvgIpc) is 3.03. The number of piperidine rings is 1. The van der Waals surface area contributed by atoms with Crippen LogP contribution in [0, 0.1) is 5.92 Å². The van der Waals surface area contributed by atoms with Crippen molar-refractivity contribution in [3.63, 3.8) is 0 Å². The summed E-state index contributed by atoms with van der Waals surface area (Å²) in [6.07, 6.45) is 13.2. The van der Waals surface area contributed by atoms with Crippen LogP contribution in [0.15, 0.2) is 24.5 Å². The van der Waals surface area contributed by atoms with Gasteiger partial charge in [0.05, 0.1) is 11.0 Å². The van der Waals surface area contributed by atoms with E-state index in [0.29, 0.717) is 18.3 Å². The Morgan fingerprint density at radius 1 is 1.17 bits per heavy atom. The first kappa shape index (κ1) is 15.8. The lowest BCUT2D eigenvalue weighted by atomic mass is 9.87. The summed E-state index contributed by atoms with van der Waals surface area (Å²) in [7, 11) is 0. The molecule has 2 aromatic rings. The second-order valence-electron chi connectivity index (χ2n) is 7.45. The van der Waals surface area contributed by atoms with Crippen LogP contribution < -0.4 is 5.32 Å². The first-order valence-corrected chi connectivity index (χ1v) is 9.53. The third-order valence-electron chi connectivity index (χ3n) is 5.82. The van der Waals surface area contributed by atoms with E-state index >= 15 is 0 Å². The van der Waals surface area contributed by atoms with Gasteiger partial charge in [0.25, 0.3) is 0 Å². The zero-order valence-electron chi connectivity index (χ0n) is 14.3. The molecule has 2 aromatic heterocycles. The van der Waals surface area contributed by atoms with Crippen LogP contribution in [0.1, 0.15) is 67.6 Å². The predicted molar refractivity (Wildman–Crippen MR) is 96.4 cm³/mol. The fraction of sp³-hybridized carbons (Fsp3) is 0.600. The van der Waals surface area contributed by atoms with Gasteiger partial charge in [0.2, 0.25) is 5.91 Å². The van der Waals surface area contributed by atoms with Crippen LogP contribution in [0.3, 0.4) is 0 Å². The number of hydrogen-bond acceptors (Lipinski definition) is 3. The van der Waals surface area contributed by atoms with Crippen molar-refractivity contribution >= 4 is 16.9 Å².